The normalized spacial score (nSPS) is 24.9. The van der Waals surface area contributed by atoms with Gasteiger partial charge in [0.05, 0.1) is 6.04 Å². The quantitative estimate of drug-likeness (QED) is 0.560. The minimum absolute atomic E-state index is 0.0129. The minimum atomic E-state index is -0.919. The van der Waals surface area contributed by atoms with Gasteiger partial charge in [0.1, 0.15) is 12.1 Å². The summed E-state index contributed by atoms with van der Waals surface area (Å²) >= 11 is 0. The van der Waals surface area contributed by atoms with Gasteiger partial charge in [0, 0.05) is 0 Å². The smallest absolute Gasteiger partial charge is 0.326 e. The number of nitrogens with one attached hydrogen (secondary N) is 2. The van der Waals surface area contributed by atoms with Crippen LogP contribution in [0.4, 0.5) is 4.79 Å². The number of imide groups is 1. The van der Waals surface area contributed by atoms with Gasteiger partial charge >= 0.3 is 12.0 Å². The Kier molecular flexibility index (Phi) is 6.20. The number of amides is 4. The van der Waals surface area contributed by atoms with Crippen molar-refractivity contribution >= 4 is 23.8 Å². The number of carbonyl (C=O) groups is 4. The molecule has 2 N–H and O–H groups in total. The molecule has 1 aliphatic heterocycles. The van der Waals surface area contributed by atoms with Crippen molar-refractivity contribution in [3.8, 4) is 0 Å². The van der Waals surface area contributed by atoms with E-state index in [9.17, 15) is 19.2 Å². The molecule has 0 unspecified atom stereocenters. The van der Waals surface area contributed by atoms with Crippen LogP contribution >= 0.6 is 0 Å². The molecule has 3 atom stereocenters. The molecule has 1 saturated carbocycles. The standard InChI is InChI=1S/C21H27N3O5/c1-14-8-6-7-11-21(14)19(27)24(20(28)23-21)12-18(26)29-13-17(25)22-15(2)16-9-4-3-5-10-16/h3-5,9-10,14-15H,6-8,11-13H2,1-2H3,(H,22,25)(H,23,28)/t14-,15-,21+/m0/s1. The Balaban J connectivity index is 1.50. The number of rotatable bonds is 6. The molecular formula is C21H27N3O5. The first-order valence-electron chi connectivity index (χ1n) is 9.97. The average Bonchev–Trinajstić information content (AvgIpc) is 2.94. The highest BCUT2D eigenvalue weighted by Crippen LogP contribution is 2.38. The molecule has 8 heteroatoms. The molecule has 8 nitrogen and oxygen atoms in total. The molecule has 3 rings (SSSR count). The first-order valence-corrected chi connectivity index (χ1v) is 9.97. The number of nitrogens with zero attached hydrogens (tertiary/aromatic N) is 1. The van der Waals surface area contributed by atoms with Gasteiger partial charge in [-0.2, -0.15) is 0 Å². The fourth-order valence-corrected chi connectivity index (χ4v) is 4.07. The van der Waals surface area contributed by atoms with Gasteiger partial charge < -0.3 is 15.4 Å². The van der Waals surface area contributed by atoms with Gasteiger partial charge in [-0.15, -0.1) is 0 Å². The largest absolute Gasteiger partial charge is 0.454 e. The fourth-order valence-electron chi connectivity index (χ4n) is 4.07. The second kappa shape index (κ2) is 8.63. The number of hydrogen-bond acceptors (Lipinski definition) is 5. The predicted molar refractivity (Wildman–Crippen MR) is 105 cm³/mol. The van der Waals surface area contributed by atoms with Crippen LogP contribution in [0.15, 0.2) is 30.3 Å². The lowest BCUT2D eigenvalue weighted by Crippen LogP contribution is -2.54. The SMILES string of the molecule is C[C@H](NC(=O)COC(=O)CN1C(=O)N[C@@]2(CCCC[C@@H]2C)C1=O)c1ccccc1. The van der Waals surface area contributed by atoms with E-state index in [1.165, 1.54) is 0 Å². The molecule has 1 aromatic carbocycles. The highest BCUT2D eigenvalue weighted by atomic mass is 16.5. The van der Waals surface area contributed by atoms with E-state index in [0.717, 1.165) is 29.7 Å². The van der Waals surface area contributed by atoms with Crippen LogP contribution in [-0.2, 0) is 19.1 Å². The highest BCUT2D eigenvalue weighted by Gasteiger charge is 2.55. The van der Waals surface area contributed by atoms with E-state index in [2.05, 4.69) is 10.6 Å². The average molecular weight is 401 g/mol. The Hall–Kier alpha value is -2.90. The van der Waals surface area contributed by atoms with E-state index in [-0.39, 0.29) is 17.9 Å². The van der Waals surface area contributed by atoms with E-state index in [1.807, 2.05) is 44.2 Å². The van der Waals surface area contributed by atoms with Crippen molar-refractivity contribution in [1.82, 2.24) is 15.5 Å². The fraction of sp³-hybridized carbons (Fsp3) is 0.524. The Labute approximate surface area is 170 Å². The first-order chi connectivity index (χ1) is 13.8. The summed E-state index contributed by atoms with van der Waals surface area (Å²) in [6.07, 6.45) is 3.30. The van der Waals surface area contributed by atoms with Crippen molar-refractivity contribution in [1.29, 1.82) is 0 Å². The van der Waals surface area contributed by atoms with Gasteiger partial charge in [0.15, 0.2) is 6.61 Å². The summed E-state index contributed by atoms with van der Waals surface area (Å²) < 4.78 is 4.98. The molecular weight excluding hydrogens is 374 g/mol. The van der Waals surface area contributed by atoms with E-state index >= 15 is 0 Å². The van der Waals surface area contributed by atoms with Crippen LogP contribution in [0, 0.1) is 5.92 Å². The Bertz CT molecular complexity index is 797. The van der Waals surface area contributed by atoms with Crippen LogP contribution in [0.3, 0.4) is 0 Å². The third-order valence-electron chi connectivity index (χ3n) is 5.83. The van der Waals surface area contributed by atoms with Crippen LogP contribution in [0.1, 0.15) is 51.1 Å². The first kappa shape index (κ1) is 20.8. The predicted octanol–water partition coefficient (Wildman–Crippen LogP) is 1.91. The molecule has 1 saturated heterocycles. The van der Waals surface area contributed by atoms with Crippen molar-refractivity contribution in [2.24, 2.45) is 5.92 Å². The van der Waals surface area contributed by atoms with Crippen LogP contribution in [0.5, 0.6) is 0 Å². The zero-order valence-electron chi connectivity index (χ0n) is 16.8. The maximum absolute atomic E-state index is 12.8. The molecule has 0 bridgehead atoms. The molecule has 1 spiro atoms. The lowest BCUT2D eigenvalue weighted by Gasteiger charge is -2.36. The number of esters is 1. The minimum Gasteiger partial charge on any atom is -0.454 e. The summed E-state index contributed by atoms with van der Waals surface area (Å²) in [6, 6.07) is 8.58. The van der Waals surface area contributed by atoms with E-state index in [4.69, 9.17) is 4.74 Å². The van der Waals surface area contributed by atoms with Crippen molar-refractivity contribution in [3.63, 3.8) is 0 Å². The maximum Gasteiger partial charge on any atom is 0.326 e. The van der Waals surface area contributed by atoms with Gasteiger partial charge in [-0.1, -0.05) is 50.1 Å². The van der Waals surface area contributed by atoms with Gasteiger partial charge in [0.2, 0.25) is 0 Å². The molecule has 1 aliphatic carbocycles. The summed E-state index contributed by atoms with van der Waals surface area (Å²) in [5.41, 5.74) is 0.0105. The summed E-state index contributed by atoms with van der Waals surface area (Å²) in [7, 11) is 0. The zero-order chi connectivity index (χ0) is 21.0. The molecule has 2 fully saturated rings. The lowest BCUT2D eigenvalue weighted by atomic mass is 9.73. The number of carbonyl (C=O) groups excluding carboxylic acids is 4. The summed E-state index contributed by atoms with van der Waals surface area (Å²) in [5.74, 6) is -1.62. The second-order valence-corrected chi connectivity index (χ2v) is 7.80. The Morgan fingerprint density at radius 1 is 1.28 bits per heavy atom. The number of hydrogen-bond donors (Lipinski definition) is 2. The lowest BCUT2D eigenvalue weighted by molar-refractivity contribution is -0.151. The van der Waals surface area contributed by atoms with Crippen LogP contribution in [-0.4, -0.2) is 47.4 Å². The second-order valence-electron chi connectivity index (χ2n) is 7.80. The van der Waals surface area contributed by atoms with Gasteiger partial charge in [-0.25, -0.2) is 4.79 Å². The molecule has 29 heavy (non-hydrogen) atoms. The Morgan fingerprint density at radius 2 is 2.00 bits per heavy atom. The number of benzene rings is 1. The van der Waals surface area contributed by atoms with Crippen molar-refractivity contribution in [3.05, 3.63) is 35.9 Å². The summed E-state index contributed by atoms with van der Waals surface area (Å²) in [4.78, 5) is 50.2. The molecule has 0 aromatic heterocycles. The third-order valence-corrected chi connectivity index (χ3v) is 5.83. The van der Waals surface area contributed by atoms with Gasteiger partial charge in [-0.05, 0) is 31.2 Å². The van der Waals surface area contributed by atoms with Gasteiger partial charge in [0.25, 0.3) is 11.8 Å². The summed E-state index contributed by atoms with van der Waals surface area (Å²) in [5, 5.41) is 5.52. The van der Waals surface area contributed by atoms with Crippen molar-refractivity contribution < 1.29 is 23.9 Å². The van der Waals surface area contributed by atoms with Crippen LogP contribution in [0.25, 0.3) is 0 Å². The van der Waals surface area contributed by atoms with Gasteiger partial charge in [-0.3, -0.25) is 19.3 Å². The van der Waals surface area contributed by atoms with Crippen molar-refractivity contribution in [2.75, 3.05) is 13.2 Å². The molecule has 4 amide bonds. The van der Waals surface area contributed by atoms with E-state index in [0.29, 0.717) is 6.42 Å². The number of urea groups is 1. The van der Waals surface area contributed by atoms with E-state index < -0.39 is 36.6 Å². The van der Waals surface area contributed by atoms with Crippen LogP contribution < -0.4 is 10.6 Å². The third kappa shape index (κ3) is 4.41. The topological polar surface area (TPSA) is 105 Å². The monoisotopic (exact) mass is 401 g/mol. The summed E-state index contributed by atoms with van der Waals surface area (Å²) in [6.45, 7) is 2.80. The molecule has 2 aliphatic rings. The zero-order valence-corrected chi connectivity index (χ0v) is 16.8. The van der Waals surface area contributed by atoms with E-state index in [1.54, 1.807) is 0 Å². The molecule has 0 radical (unpaired) electrons. The van der Waals surface area contributed by atoms with Crippen molar-refractivity contribution in [2.45, 2.75) is 51.1 Å². The number of ether oxygens (including phenoxy) is 1. The van der Waals surface area contributed by atoms with Crippen LogP contribution in [0.2, 0.25) is 0 Å². The molecule has 156 valence electrons. The Morgan fingerprint density at radius 3 is 2.69 bits per heavy atom. The maximum atomic E-state index is 12.8. The molecule has 1 aromatic rings. The highest BCUT2D eigenvalue weighted by molar-refractivity contribution is 6.09. The molecule has 1 heterocycles.